The van der Waals surface area contributed by atoms with Gasteiger partial charge in [0.1, 0.15) is 21.1 Å². The van der Waals surface area contributed by atoms with Gasteiger partial charge in [0.15, 0.2) is 0 Å². The van der Waals surface area contributed by atoms with Crippen LogP contribution in [0.3, 0.4) is 0 Å². The Kier molecular flexibility index (Phi) is 6.09. The van der Waals surface area contributed by atoms with Crippen molar-refractivity contribution in [3.05, 3.63) is 44.9 Å². The second-order valence-corrected chi connectivity index (χ2v) is 9.09. The molecule has 4 heterocycles. The highest BCUT2D eigenvalue weighted by atomic mass is 35.5. The Morgan fingerprint density at radius 3 is 2.40 bits per heavy atom. The number of pyridine rings is 1. The number of thiophene rings is 1. The number of aryl methyl sites for hydroxylation is 4. The number of carbonyl (C=O) groups excluding carboxylic acids is 2. The Labute approximate surface area is 205 Å². The van der Waals surface area contributed by atoms with Crippen LogP contribution < -0.4 is 11.1 Å². The van der Waals surface area contributed by atoms with E-state index in [0.717, 1.165) is 6.07 Å². The molecule has 0 atom stereocenters. The van der Waals surface area contributed by atoms with Crippen molar-refractivity contribution in [3.63, 3.8) is 0 Å². The second-order valence-electron chi connectivity index (χ2n) is 7.71. The molecule has 0 radical (unpaired) electrons. The molecule has 4 rings (SSSR count). The number of nitrogens with one attached hydrogen (secondary N) is 1. The molecule has 0 aliphatic rings. The Morgan fingerprint density at radius 2 is 1.89 bits per heavy atom. The maximum Gasteiger partial charge on any atom is 0.433 e. The lowest BCUT2D eigenvalue weighted by atomic mass is 10.0. The average Bonchev–Trinajstić information content (AvgIpc) is 3.40. The van der Waals surface area contributed by atoms with Crippen LogP contribution in [0.2, 0.25) is 5.02 Å². The highest BCUT2D eigenvalue weighted by Crippen LogP contribution is 2.44. The van der Waals surface area contributed by atoms with Crippen LogP contribution in [0.5, 0.6) is 0 Å². The molecule has 0 aliphatic carbocycles. The molecular weight excluding hydrogens is 507 g/mol. The number of halogens is 4. The fourth-order valence-electron chi connectivity index (χ4n) is 3.74. The van der Waals surface area contributed by atoms with Gasteiger partial charge in [-0.25, -0.2) is 4.98 Å². The van der Waals surface area contributed by atoms with Crippen molar-refractivity contribution in [2.45, 2.75) is 33.5 Å². The summed E-state index contributed by atoms with van der Waals surface area (Å²) in [6.07, 6.45) is -3.16. The van der Waals surface area contributed by atoms with Crippen LogP contribution in [0.25, 0.3) is 21.3 Å². The molecular formula is C21H19ClF3N7O2S. The molecule has 0 fully saturated rings. The minimum atomic E-state index is -4.75. The minimum Gasteiger partial charge on any atom is -0.365 e. The van der Waals surface area contributed by atoms with Gasteiger partial charge in [-0.2, -0.15) is 23.4 Å². The molecule has 3 N–H and O–H groups in total. The molecule has 2 amide bonds. The lowest BCUT2D eigenvalue weighted by Crippen LogP contribution is -2.19. The summed E-state index contributed by atoms with van der Waals surface area (Å²) in [6.45, 7) is 5.58. The Bertz CT molecular complexity index is 1500. The third kappa shape index (κ3) is 4.25. The van der Waals surface area contributed by atoms with Gasteiger partial charge in [0.2, 0.25) is 0 Å². The van der Waals surface area contributed by atoms with E-state index < -0.39 is 23.7 Å². The summed E-state index contributed by atoms with van der Waals surface area (Å²) in [7, 11) is 1.51. The molecule has 4 aromatic heterocycles. The number of fused-ring (bicyclic) bond motifs is 1. The number of nitrogens with two attached hydrogens (primary N) is 1. The largest absolute Gasteiger partial charge is 0.433 e. The quantitative estimate of drug-likeness (QED) is 0.396. The predicted molar refractivity (Wildman–Crippen MR) is 126 cm³/mol. The van der Waals surface area contributed by atoms with Gasteiger partial charge in [-0.3, -0.25) is 19.0 Å². The van der Waals surface area contributed by atoms with Gasteiger partial charge >= 0.3 is 6.18 Å². The van der Waals surface area contributed by atoms with Crippen LogP contribution in [0.1, 0.15) is 44.2 Å². The van der Waals surface area contributed by atoms with Crippen molar-refractivity contribution in [3.8, 4) is 11.1 Å². The van der Waals surface area contributed by atoms with Gasteiger partial charge in [0.25, 0.3) is 11.8 Å². The van der Waals surface area contributed by atoms with E-state index in [1.165, 1.54) is 11.7 Å². The molecule has 184 valence electrons. The third-order valence-corrected chi connectivity index (χ3v) is 6.89. The molecule has 0 saturated carbocycles. The van der Waals surface area contributed by atoms with Gasteiger partial charge in [-0.1, -0.05) is 11.6 Å². The van der Waals surface area contributed by atoms with Crippen molar-refractivity contribution in [1.82, 2.24) is 24.5 Å². The highest BCUT2D eigenvalue weighted by molar-refractivity contribution is 7.21. The molecule has 0 bridgehead atoms. The van der Waals surface area contributed by atoms with Gasteiger partial charge in [0.05, 0.1) is 22.1 Å². The Hall–Kier alpha value is -3.45. The number of alkyl halides is 3. The van der Waals surface area contributed by atoms with E-state index >= 15 is 0 Å². The van der Waals surface area contributed by atoms with Crippen LogP contribution in [0, 0.1) is 13.8 Å². The topological polar surface area (TPSA) is 121 Å². The van der Waals surface area contributed by atoms with Gasteiger partial charge in [-0.05, 0) is 32.4 Å². The van der Waals surface area contributed by atoms with Gasteiger partial charge in [0, 0.05) is 30.7 Å². The standard InChI is InChI=1S/C21H19ClF3N7O2S/c1-5-32-7-11(8(2)30-32)10-6-12(21(23,24)25)27-20-13(10)15(17(35-20)18(26)33)28-19(34)16-14(22)9(3)29-31(16)4/h6-7H,5H2,1-4H3,(H2,26,33)(H,28,34). The molecule has 4 aromatic rings. The zero-order valence-corrected chi connectivity index (χ0v) is 20.5. The Morgan fingerprint density at radius 1 is 1.20 bits per heavy atom. The van der Waals surface area contributed by atoms with E-state index in [1.807, 2.05) is 6.92 Å². The molecule has 0 spiro atoms. The van der Waals surface area contributed by atoms with Crippen LogP contribution in [0.4, 0.5) is 18.9 Å². The summed E-state index contributed by atoms with van der Waals surface area (Å²) in [5.74, 6) is -1.65. The van der Waals surface area contributed by atoms with Crippen LogP contribution in [0.15, 0.2) is 12.3 Å². The summed E-state index contributed by atoms with van der Waals surface area (Å²) in [5, 5.41) is 11.3. The maximum atomic E-state index is 13.7. The number of rotatable bonds is 5. The van der Waals surface area contributed by atoms with Crippen molar-refractivity contribution in [1.29, 1.82) is 0 Å². The first-order chi connectivity index (χ1) is 16.3. The summed E-state index contributed by atoms with van der Waals surface area (Å²) in [4.78, 5) is 28.9. The maximum absolute atomic E-state index is 13.7. The molecule has 35 heavy (non-hydrogen) atoms. The number of nitrogens with zero attached hydrogens (tertiary/aromatic N) is 5. The number of aromatic nitrogens is 5. The van der Waals surface area contributed by atoms with Crippen molar-refractivity contribution >= 4 is 50.7 Å². The zero-order chi connectivity index (χ0) is 25.8. The van der Waals surface area contributed by atoms with E-state index in [4.69, 9.17) is 17.3 Å². The Balaban J connectivity index is 2.02. The SMILES string of the molecule is CCn1cc(-c2cc(C(F)(F)F)nc3sc(C(N)=O)c(NC(=O)c4c(Cl)c(C)nn4C)c23)c(C)n1. The fourth-order valence-corrected chi connectivity index (χ4v) is 5.00. The van der Waals surface area contributed by atoms with Gasteiger partial charge < -0.3 is 11.1 Å². The van der Waals surface area contributed by atoms with Crippen LogP contribution in [-0.4, -0.2) is 36.4 Å². The number of carbonyl (C=O) groups is 2. The average molecular weight is 526 g/mol. The molecule has 0 saturated heterocycles. The van der Waals surface area contributed by atoms with Gasteiger partial charge in [-0.15, -0.1) is 11.3 Å². The number of anilines is 1. The van der Waals surface area contributed by atoms with E-state index in [2.05, 4.69) is 20.5 Å². The monoisotopic (exact) mass is 525 g/mol. The van der Waals surface area contributed by atoms with E-state index in [9.17, 15) is 22.8 Å². The smallest absolute Gasteiger partial charge is 0.365 e. The lowest BCUT2D eigenvalue weighted by molar-refractivity contribution is -0.140. The van der Waals surface area contributed by atoms with Crippen LogP contribution in [-0.2, 0) is 19.8 Å². The fraction of sp³-hybridized carbons (Fsp3) is 0.286. The van der Waals surface area contributed by atoms with Crippen molar-refractivity contribution < 1.29 is 22.8 Å². The normalized spacial score (nSPS) is 11.9. The second kappa shape index (κ2) is 8.64. The lowest BCUT2D eigenvalue weighted by Gasteiger charge is -2.12. The number of hydrogen-bond acceptors (Lipinski definition) is 6. The third-order valence-electron chi connectivity index (χ3n) is 5.34. The van der Waals surface area contributed by atoms with Crippen molar-refractivity contribution in [2.24, 2.45) is 12.8 Å². The first-order valence-electron chi connectivity index (χ1n) is 10.2. The molecule has 0 aromatic carbocycles. The number of hydrogen-bond donors (Lipinski definition) is 2. The number of amides is 2. The molecule has 0 unspecified atom stereocenters. The predicted octanol–water partition coefficient (Wildman–Crippen LogP) is 4.55. The molecule has 14 heteroatoms. The molecule has 0 aliphatic heterocycles. The first-order valence-corrected chi connectivity index (χ1v) is 11.4. The summed E-state index contributed by atoms with van der Waals surface area (Å²) < 4.78 is 44.0. The zero-order valence-electron chi connectivity index (χ0n) is 18.9. The first kappa shape index (κ1) is 24.7. The van der Waals surface area contributed by atoms with Crippen LogP contribution >= 0.6 is 22.9 Å². The highest BCUT2D eigenvalue weighted by Gasteiger charge is 2.35. The van der Waals surface area contributed by atoms with E-state index in [1.54, 1.807) is 24.7 Å². The minimum absolute atomic E-state index is 0.00958. The molecule has 9 nitrogen and oxygen atoms in total. The van der Waals surface area contributed by atoms with E-state index in [-0.39, 0.29) is 37.1 Å². The van der Waals surface area contributed by atoms with Crippen molar-refractivity contribution in [2.75, 3.05) is 5.32 Å². The number of primary amides is 1. The summed E-state index contributed by atoms with van der Waals surface area (Å²) in [6, 6.07) is 0.876. The summed E-state index contributed by atoms with van der Waals surface area (Å²) in [5.41, 5.74) is 5.70. The van der Waals surface area contributed by atoms with E-state index in [0.29, 0.717) is 34.8 Å². The summed E-state index contributed by atoms with van der Waals surface area (Å²) >= 11 is 6.88.